The highest BCUT2D eigenvalue weighted by Crippen LogP contribution is 2.30. The summed E-state index contributed by atoms with van der Waals surface area (Å²) in [5.41, 5.74) is 2.24. The number of nitrogens with zero attached hydrogens (tertiary/aromatic N) is 2. The van der Waals surface area contributed by atoms with E-state index in [2.05, 4.69) is 25.9 Å². The molecule has 0 aliphatic rings. The number of hydrogen-bond acceptors (Lipinski definition) is 4. The highest BCUT2D eigenvalue weighted by molar-refractivity contribution is 9.10. The molecule has 0 aliphatic heterocycles. The number of pyridine rings is 1. The van der Waals surface area contributed by atoms with Gasteiger partial charge in [-0.1, -0.05) is 15.9 Å². The zero-order valence-corrected chi connectivity index (χ0v) is 13.7. The molecule has 106 valence electrons. The van der Waals surface area contributed by atoms with Gasteiger partial charge in [-0.3, -0.25) is 0 Å². The molecule has 3 aromatic rings. The van der Waals surface area contributed by atoms with Crippen molar-refractivity contribution in [3.05, 3.63) is 44.2 Å². The Hall–Kier alpha value is -1.79. The highest BCUT2D eigenvalue weighted by Gasteiger charge is 2.16. The average molecular weight is 363 g/mol. The molecule has 4 nitrogen and oxygen atoms in total. The molecule has 2 aromatic heterocycles. The van der Waals surface area contributed by atoms with Crippen molar-refractivity contribution in [2.45, 2.75) is 13.8 Å². The molecule has 3 rings (SSSR count). The van der Waals surface area contributed by atoms with Gasteiger partial charge in [-0.05, 0) is 38.1 Å². The fourth-order valence-electron chi connectivity index (χ4n) is 2.26. The normalized spacial score (nSPS) is 11.0. The van der Waals surface area contributed by atoms with Crippen molar-refractivity contribution >= 4 is 44.1 Å². The first-order chi connectivity index (χ1) is 9.95. The van der Waals surface area contributed by atoms with Crippen LogP contribution in [0.4, 0.5) is 0 Å². The van der Waals surface area contributed by atoms with Gasteiger partial charge < -0.3 is 5.11 Å². The van der Waals surface area contributed by atoms with E-state index >= 15 is 0 Å². The molecule has 0 bridgehead atoms. The fraction of sp³-hybridized carbons (Fsp3) is 0.133. The predicted molar refractivity (Wildman–Crippen MR) is 87.0 cm³/mol. The third-order valence-electron chi connectivity index (χ3n) is 3.15. The molecule has 1 N–H and O–H groups in total. The number of carboxylic acid groups (broad SMARTS) is 1. The number of aryl methyl sites for hydroxylation is 2. The van der Waals surface area contributed by atoms with E-state index in [0.29, 0.717) is 16.6 Å². The number of aromatic nitrogens is 2. The van der Waals surface area contributed by atoms with Gasteiger partial charge in [-0.15, -0.1) is 11.3 Å². The van der Waals surface area contributed by atoms with E-state index < -0.39 is 5.97 Å². The largest absolute Gasteiger partial charge is 0.478 e. The standard InChI is InChI=1S/C15H11BrN2O2S/c1-7-14(17-8(2)21-7)13-6-11(15(19)20)10-5-9(16)3-4-12(10)18-13/h3-6H,1-2H3,(H,19,20). The summed E-state index contributed by atoms with van der Waals surface area (Å²) in [4.78, 5) is 21.6. The lowest BCUT2D eigenvalue weighted by Gasteiger charge is -2.06. The number of aromatic carboxylic acids is 1. The third kappa shape index (κ3) is 2.56. The molecule has 21 heavy (non-hydrogen) atoms. The number of benzene rings is 1. The minimum absolute atomic E-state index is 0.237. The first-order valence-electron chi connectivity index (χ1n) is 6.23. The minimum Gasteiger partial charge on any atom is -0.478 e. The number of halogens is 1. The van der Waals surface area contributed by atoms with Gasteiger partial charge in [0, 0.05) is 14.7 Å². The third-order valence-corrected chi connectivity index (χ3v) is 4.53. The first kappa shape index (κ1) is 14.2. The van der Waals surface area contributed by atoms with Crippen molar-refractivity contribution in [3.63, 3.8) is 0 Å². The molecule has 0 radical (unpaired) electrons. The van der Waals surface area contributed by atoms with Crippen LogP contribution in [0.15, 0.2) is 28.7 Å². The van der Waals surface area contributed by atoms with E-state index in [9.17, 15) is 9.90 Å². The number of carboxylic acids is 1. The Balaban J connectivity index is 2.33. The van der Waals surface area contributed by atoms with Gasteiger partial charge in [0.2, 0.25) is 0 Å². The van der Waals surface area contributed by atoms with Crippen molar-refractivity contribution < 1.29 is 9.90 Å². The first-order valence-corrected chi connectivity index (χ1v) is 7.84. The van der Waals surface area contributed by atoms with Crippen LogP contribution in [0, 0.1) is 13.8 Å². The van der Waals surface area contributed by atoms with E-state index in [-0.39, 0.29) is 5.56 Å². The maximum absolute atomic E-state index is 11.5. The molecular formula is C15H11BrN2O2S. The van der Waals surface area contributed by atoms with E-state index in [4.69, 9.17) is 0 Å². The zero-order chi connectivity index (χ0) is 15.1. The molecule has 0 amide bonds. The van der Waals surface area contributed by atoms with Crippen molar-refractivity contribution in [1.82, 2.24) is 9.97 Å². The number of carbonyl (C=O) groups is 1. The Morgan fingerprint density at radius 2 is 2.00 bits per heavy atom. The Bertz CT molecular complexity index is 873. The second kappa shape index (κ2) is 5.20. The molecule has 0 atom stereocenters. The Kier molecular flexibility index (Phi) is 3.51. The molecule has 0 saturated heterocycles. The van der Waals surface area contributed by atoms with E-state index in [0.717, 1.165) is 20.1 Å². The Morgan fingerprint density at radius 1 is 1.24 bits per heavy atom. The molecule has 0 fully saturated rings. The summed E-state index contributed by atoms with van der Waals surface area (Å²) < 4.78 is 0.827. The molecular weight excluding hydrogens is 352 g/mol. The van der Waals surface area contributed by atoms with Gasteiger partial charge in [0.05, 0.1) is 21.8 Å². The van der Waals surface area contributed by atoms with Gasteiger partial charge in [0.25, 0.3) is 0 Å². The summed E-state index contributed by atoms with van der Waals surface area (Å²) in [7, 11) is 0. The Labute approximate surface area is 133 Å². The highest BCUT2D eigenvalue weighted by atomic mass is 79.9. The van der Waals surface area contributed by atoms with Crippen molar-refractivity contribution in [2.75, 3.05) is 0 Å². The summed E-state index contributed by atoms with van der Waals surface area (Å²) in [6.07, 6.45) is 0. The lowest BCUT2D eigenvalue weighted by molar-refractivity contribution is 0.0699. The zero-order valence-electron chi connectivity index (χ0n) is 11.3. The number of fused-ring (bicyclic) bond motifs is 1. The van der Waals surface area contributed by atoms with Crippen LogP contribution in [0.3, 0.4) is 0 Å². The van der Waals surface area contributed by atoms with Crippen LogP contribution in [0.25, 0.3) is 22.3 Å². The predicted octanol–water partition coefficient (Wildman–Crippen LogP) is 4.44. The summed E-state index contributed by atoms with van der Waals surface area (Å²) in [6.45, 7) is 3.89. The van der Waals surface area contributed by atoms with Crippen LogP contribution >= 0.6 is 27.3 Å². The van der Waals surface area contributed by atoms with Crippen molar-refractivity contribution in [2.24, 2.45) is 0 Å². The lowest BCUT2D eigenvalue weighted by Crippen LogP contribution is -2.00. The summed E-state index contributed by atoms with van der Waals surface area (Å²) in [6, 6.07) is 7.03. The van der Waals surface area contributed by atoms with Gasteiger partial charge in [0.15, 0.2) is 0 Å². The SMILES string of the molecule is Cc1nc(-c2cc(C(=O)O)c3cc(Br)ccc3n2)c(C)s1. The van der Waals surface area contributed by atoms with E-state index in [1.807, 2.05) is 26.0 Å². The van der Waals surface area contributed by atoms with Gasteiger partial charge >= 0.3 is 5.97 Å². The molecule has 1 aromatic carbocycles. The van der Waals surface area contributed by atoms with Crippen LogP contribution in [-0.4, -0.2) is 21.0 Å². The van der Waals surface area contributed by atoms with Crippen LogP contribution in [0.2, 0.25) is 0 Å². The average Bonchev–Trinajstić information content (AvgIpc) is 2.76. The topological polar surface area (TPSA) is 63.1 Å². The molecule has 6 heteroatoms. The molecule has 0 saturated carbocycles. The maximum Gasteiger partial charge on any atom is 0.336 e. The monoisotopic (exact) mass is 362 g/mol. The molecule has 0 spiro atoms. The van der Waals surface area contributed by atoms with Crippen LogP contribution in [0.5, 0.6) is 0 Å². The fourth-order valence-corrected chi connectivity index (χ4v) is 3.45. The van der Waals surface area contributed by atoms with E-state index in [1.165, 1.54) is 0 Å². The van der Waals surface area contributed by atoms with Crippen LogP contribution in [0.1, 0.15) is 20.2 Å². The van der Waals surface area contributed by atoms with Crippen molar-refractivity contribution in [3.8, 4) is 11.4 Å². The summed E-state index contributed by atoms with van der Waals surface area (Å²) in [5, 5.41) is 11.0. The summed E-state index contributed by atoms with van der Waals surface area (Å²) >= 11 is 4.94. The van der Waals surface area contributed by atoms with Crippen LogP contribution in [-0.2, 0) is 0 Å². The van der Waals surface area contributed by atoms with Gasteiger partial charge in [0.1, 0.15) is 5.69 Å². The van der Waals surface area contributed by atoms with Gasteiger partial charge in [-0.25, -0.2) is 14.8 Å². The quantitative estimate of drug-likeness (QED) is 0.731. The maximum atomic E-state index is 11.5. The van der Waals surface area contributed by atoms with E-state index in [1.54, 1.807) is 23.5 Å². The second-order valence-corrected chi connectivity index (χ2v) is 6.98. The molecule has 0 aliphatic carbocycles. The molecule has 2 heterocycles. The lowest BCUT2D eigenvalue weighted by atomic mass is 10.1. The Morgan fingerprint density at radius 3 is 2.62 bits per heavy atom. The smallest absolute Gasteiger partial charge is 0.336 e. The minimum atomic E-state index is -0.966. The second-order valence-electron chi connectivity index (χ2n) is 4.66. The van der Waals surface area contributed by atoms with Gasteiger partial charge in [-0.2, -0.15) is 0 Å². The number of thiazole rings is 1. The number of hydrogen-bond donors (Lipinski definition) is 1. The summed E-state index contributed by atoms with van der Waals surface area (Å²) in [5.74, 6) is -0.966. The van der Waals surface area contributed by atoms with Crippen molar-refractivity contribution in [1.29, 1.82) is 0 Å². The van der Waals surface area contributed by atoms with Crippen LogP contribution < -0.4 is 0 Å². The molecule has 0 unspecified atom stereocenters. The number of rotatable bonds is 2.